The first-order valence-corrected chi connectivity index (χ1v) is 7.67. The van der Waals surface area contributed by atoms with Crippen LogP contribution in [0.1, 0.15) is 11.1 Å². The molecule has 1 aromatic heterocycles. The van der Waals surface area contributed by atoms with E-state index in [1.807, 2.05) is 30.5 Å². The van der Waals surface area contributed by atoms with Crippen LogP contribution in [0.25, 0.3) is 10.9 Å². The number of halogens is 2. The molecule has 25 heavy (non-hydrogen) atoms. The summed E-state index contributed by atoms with van der Waals surface area (Å²) in [4.78, 5) is 3.13. The predicted molar refractivity (Wildman–Crippen MR) is 98.7 cm³/mol. The van der Waals surface area contributed by atoms with Crippen LogP contribution >= 0.6 is 12.2 Å². The summed E-state index contributed by atoms with van der Waals surface area (Å²) in [6.07, 6.45) is 4.66. The summed E-state index contributed by atoms with van der Waals surface area (Å²) in [5, 5.41) is 8.97. The second kappa shape index (κ2) is 7.63. The van der Waals surface area contributed by atoms with Crippen molar-refractivity contribution in [2.75, 3.05) is 0 Å². The van der Waals surface area contributed by atoms with E-state index in [0.29, 0.717) is 0 Å². The molecule has 0 fully saturated rings. The van der Waals surface area contributed by atoms with Gasteiger partial charge in [-0.15, -0.1) is 0 Å². The van der Waals surface area contributed by atoms with Crippen LogP contribution in [0, 0.1) is 11.6 Å². The zero-order valence-corrected chi connectivity index (χ0v) is 13.6. The van der Waals surface area contributed by atoms with Crippen molar-refractivity contribution in [3.63, 3.8) is 0 Å². The maximum atomic E-state index is 13.4. The summed E-state index contributed by atoms with van der Waals surface area (Å²) < 4.78 is 26.2. The van der Waals surface area contributed by atoms with Gasteiger partial charge in [-0.25, -0.2) is 8.78 Å². The van der Waals surface area contributed by atoms with Gasteiger partial charge >= 0.3 is 0 Å². The number of aromatic nitrogens is 1. The van der Waals surface area contributed by atoms with Crippen LogP contribution in [0.4, 0.5) is 8.78 Å². The van der Waals surface area contributed by atoms with Gasteiger partial charge in [0.25, 0.3) is 0 Å². The van der Waals surface area contributed by atoms with Gasteiger partial charge < -0.3 is 4.98 Å². The molecule has 2 aromatic carbocycles. The Morgan fingerprint density at radius 3 is 2.48 bits per heavy atom. The number of thiocarbonyl (C=S) groups is 1. The van der Waals surface area contributed by atoms with Crippen LogP contribution in [0.2, 0.25) is 0 Å². The number of fused-ring (bicyclic) bond motifs is 1. The molecule has 126 valence electrons. The summed E-state index contributed by atoms with van der Waals surface area (Å²) in [5.74, 6) is -1.35. The second-order valence-corrected chi connectivity index (χ2v) is 5.43. The van der Waals surface area contributed by atoms with E-state index in [9.17, 15) is 8.78 Å². The van der Waals surface area contributed by atoms with E-state index in [-0.39, 0.29) is 10.7 Å². The Balaban J connectivity index is 1.55. The second-order valence-electron chi connectivity index (χ2n) is 5.02. The van der Waals surface area contributed by atoms with Gasteiger partial charge in [-0.2, -0.15) is 10.2 Å². The standard InChI is InChI=1S/C17H13F2N5S/c18-13-6-5-11(15(19)7-13)9-21-23-17(25)24-22-10-12-8-20-16-4-2-1-3-14(12)16/h1-10,20H,(H2,23,24,25)/b21-9+,22-10+. The number of H-pyrrole nitrogens is 1. The van der Waals surface area contributed by atoms with Gasteiger partial charge in [0.2, 0.25) is 5.11 Å². The first-order valence-electron chi connectivity index (χ1n) is 7.27. The van der Waals surface area contributed by atoms with Crippen LogP contribution < -0.4 is 10.9 Å². The first kappa shape index (κ1) is 16.7. The smallest absolute Gasteiger partial charge is 0.207 e. The Morgan fingerprint density at radius 1 is 1.00 bits per heavy atom. The number of rotatable bonds is 4. The lowest BCUT2D eigenvalue weighted by Gasteiger charge is -2.01. The molecule has 0 aliphatic heterocycles. The molecule has 0 bridgehead atoms. The van der Waals surface area contributed by atoms with Crippen molar-refractivity contribution in [1.29, 1.82) is 0 Å². The van der Waals surface area contributed by atoms with Crippen molar-refractivity contribution >= 4 is 40.7 Å². The molecule has 0 saturated carbocycles. The SMILES string of the molecule is Fc1ccc(/C=N/NC(=S)N/N=C/c2c[nH]c3ccccc23)c(F)c1. The normalized spacial score (nSPS) is 11.4. The van der Waals surface area contributed by atoms with Gasteiger partial charge in [-0.1, -0.05) is 18.2 Å². The number of benzene rings is 2. The number of hydrogen-bond acceptors (Lipinski definition) is 3. The fourth-order valence-electron chi connectivity index (χ4n) is 2.15. The van der Waals surface area contributed by atoms with Crippen LogP contribution in [0.15, 0.2) is 58.9 Å². The Hall–Kier alpha value is -3.13. The molecule has 0 aliphatic carbocycles. The highest BCUT2D eigenvalue weighted by Gasteiger charge is 2.01. The van der Waals surface area contributed by atoms with Crippen molar-refractivity contribution in [2.24, 2.45) is 10.2 Å². The van der Waals surface area contributed by atoms with E-state index in [1.54, 1.807) is 6.21 Å². The summed E-state index contributed by atoms with van der Waals surface area (Å²) in [6, 6.07) is 11.0. The molecule has 0 unspecified atom stereocenters. The number of nitrogens with one attached hydrogen (secondary N) is 3. The van der Waals surface area contributed by atoms with Gasteiger partial charge in [0.1, 0.15) is 11.6 Å². The summed E-state index contributed by atoms with van der Waals surface area (Å²) in [7, 11) is 0. The topological polar surface area (TPSA) is 64.6 Å². The van der Waals surface area contributed by atoms with Gasteiger partial charge in [0.05, 0.1) is 12.4 Å². The van der Waals surface area contributed by atoms with Crippen molar-refractivity contribution in [2.45, 2.75) is 0 Å². The molecular weight excluding hydrogens is 344 g/mol. The van der Waals surface area contributed by atoms with Crippen LogP contribution in [-0.2, 0) is 0 Å². The van der Waals surface area contributed by atoms with E-state index < -0.39 is 11.6 Å². The predicted octanol–water partition coefficient (Wildman–Crippen LogP) is 3.28. The summed E-state index contributed by atoms with van der Waals surface area (Å²) in [6.45, 7) is 0. The lowest BCUT2D eigenvalue weighted by atomic mass is 10.2. The zero-order chi connectivity index (χ0) is 17.6. The third-order valence-electron chi connectivity index (χ3n) is 3.32. The van der Waals surface area contributed by atoms with Crippen molar-refractivity contribution in [3.8, 4) is 0 Å². The number of hydrogen-bond donors (Lipinski definition) is 3. The van der Waals surface area contributed by atoms with Gasteiger partial charge in [-0.3, -0.25) is 10.9 Å². The van der Waals surface area contributed by atoms with Crippen molar-refractivity contribution < 1.29 is 8.78 Å². The molecule has 1 heterocycles. The highest BCUT2D eigenvalue weighted by molar-refractivity contribution is 7.80. The molecule has 3 rings (SSSR count). The van der Waals surface area contributed by atoms with E-state index in [0.717, 1.165) is 28.6 Å². The summed E-state index contributed by atoms with van der Waals surface area (Å²) in [5.41, 5.74) is 7.16. The Kier molecular flexibility index (Phi) is 5.10. The van der Waals surface area contributed by atoms with E-state index in [2.05, 4.69) is 26.0 Å². The van der Waals surface area contributed by atoms with E-state index in [1.165, 1.54) is 12.3 Å². The lowest BCUT2D eigenvalue weighted by Crippen LogP contribution is -2.28. The van der Waals surface area contributed by atoms with Crippen LogP contribution in [-0.4, -0.2) is 22.5 Å². The largest absolute Gasteiger partial charge is 0.361 e. The molecular formula is C17H13F2N5S. The quantitative estimate of drug-likeness (QED) is 0.381. The monoisotopic (exact) mass is 357 g/mol. The molecule has 0 atom stereocenters. The fourth-order valence-corrected chi connectivity index (χ4v) is 2.26. The third kappa shape index (κ3) is 4.24. The number of hydrazone groups is 2. The van der Waals surface area contributed by atoms with E-state index >= 15 is 0 Å². The Labute approximate surface area is 147 Å². The number of para-hydroxylation sites is 1. The molecule has 0 radical (unpaired) electrons. The molecule has 0 saturated heterocycles. The maximum absolute atomic E-state index is 13.4. The Bertz CT molecular complexity index is 965. The highest BCUT2D eigenvalue weighted by atomic mass is 32.1. The highest BCUT2D eigenvalue weighted by Crippen LogP contribution is 2.15. The van der Waals surface area contributed by atoms with Gasteiger partial charge in [0, 0.05) is 34.3 Å². The zero-order valence-electron chi connectivity index (χ0n) is 12.8. The van der Waals surface area contributed by atoms with Crippen LogP contribution in [0.5, 0.6) is 0 Å². The summed E-state index contributed by atoms with van der Waals surface area (Å²) >= 11 is 5.00. The molecule has 8 heteroatoms. The molecule has 3 N–H and O–H groups in total. The Morgan fingerprint density at radius 2 is 1.72 bits per heavy atom. The van der Waals surface area contributed by atoms with Crippen molar-refractivity contribution in [1.82, 2.24) is 15.8 Å². The first-order chi connectivity index (χ1) is 12.1. The lowest BCUT2D eigenvalue weighted by molar-refractivity contribution is 0.582. The average molecular weight is 357 g/mol. The van der Waals surface area contributed by atoms with Gasteiger partial charge in [-0.05, 0) is 30.4 Å². The number of nitrogens with zero attached hydrogens (tertiary/aromatic N) is 2. The van der Waals surface area contributed by atoms with E-state index in [4.69, 9.17) is 12.2 Å². The minimum atomic E-state index is -0.707. The fraction of sp³-hybridized carbons (Fsp3) is 0. The molecule has 0 aliphatic rings. The minimum absolute atomic E-state index is 0.134. The van der Waals surface area contributed by atoms with Crippen LogP contribution in [0.3, 0.4) is 0 Å². The van der Waals surface area contributed by atoms with Crippen molar-refractivity contribution in [3.05, 3.63) is 71.4 Å². The number of aromatic amines is 1. The van der Waals surface area contributed by atoms with Gasteiger partial charge in [0.15, 0.2) is 0 Å². The molecule has 3 aromatic rings. The minimum Gasteiger partial charge on any atom is -0.361 e. The maximum Gasteiger partial charge on any atom is 0.207 e. The molecule has 5 nitrogen and oxygen atoms in total. The average Bonchev–Trinajstić information content (AvgIpc) is 3.00. The third-order valence-corrected chi connectivity index (χ3v) is 3.51. The molecule has 0 amide bonds. The molecule has 0 spiro atoms.